The summed E-state index contributed by atoms with van der Waals surface area (Å²) in [7, 11) is 0. The van der Waals surface area contributed by atoms with E-state index in [1.54, 1.807) is 0 Å². The van der Waals surface area contributed by atoms with Gasteiger partial charge in [0.15, 0.2) is 0 Å². The summed E-state index contributed by atoms with van der Waals surface area (Å²) in [6.45, 7) is 0. The van der Waals surface area contributed by atoms with E-state index in [1.807, 2.05) is 11.8 Å². The second kappa shape index (κ2) is 6.70. The number of carboxylic acid groups (broad SMARTS) is 1. The standard InChI is InChI=1S/C10H16N2O3S.Mg.2H/c13-8(14)4-2-1-3-7-9-6(5-16-7)11-10(15)12-9;;;/h6-7,9H,1-5H2,(H,13,14)(H2,11,12,15);;;/q;+2;2*-1/t6-,7-,9-;;;/m0.../s1. The van der Waals surface area contributed by atoms with Crippen molar-refractivity contribution in [3.05, 3.63) is 0 Å². The van der Waals surface area contributed by atoms with E-state index in [0.29, 0.717) is 5.25 Å². The average Bonchev–Trinajstić information content (AvgIpc) is 2.72. The van der Waals surface area contributed by atoms with Crippen LogP contribution in [0.4, 0.5) is 4.79 Å². The summed E-state index contributed by atoms with van der Waals surface area (Å²) in [6, 6.07) is 0.440. The first-order valence-corrected chi connectivity index (χ1v) is 6.62. The monoisotopic (exact) mass is 270 g/mol. The van der Waals surface area contributed by atoms with Crippen molar-refractivity contribution in [2.24, 2.45) is 0 Å². The number of rotatable bonds is 5. The van der Waals surface area contributed by atoms with E-state index >= 15 is 0 Å². The molecule has 0 saturated carbocycles. The normalized spacial score (nSPS) is 30.1. The van der Waals surface area contributed by atoms with Gasteiger partial charge in [-0.15, -0.1) is 0 Å². The number of urea groups is 1. The number of thioether (sulfide) groups is 1. The molecule has 0 spiro atoms. The third-order valence-corrected chi connectivity index (χ3v) is 4.58. The van der Waals surface area contributed by atoms with E-state index in [2.05, 4.69) is 10.6 Å². The number of unbranched alkanes of at least 4 members (excludes halogenated alkanes) is 1. The van der Waals surface area contributed by atoms with E-state index in [1.165, 1.54) is 0 Å². The molecule has 7 heteroatoms. The van der Waals surface area contributed by atoms with Crippen LogP contribution in [0.2, 0.25) is 0 Å². The molecular formula is C10H18MgN2O3S. The summed E-state index contributed by atoms with van der Waals surface area (Å²) in [5.74, 6) is 0.236. The minimum Gasteiger partial charge on any atom is -1.00 e. The Morgan fingerprint density at radius 2 is 2.24 bits per heavy atom. The molecular weight excluding hydrogens is 252 g/mol. The smallest absolute Gasteiger partial charge is 1.00 e. The topological polar surface area (TPSA) is 78.4 Å². The Morgan fingerprint density at radius 3 is 2.94 bits per heavy atom. The number of hydrogen-bond acceptors (Lipinski definition) is 3. The fourth-order valence-corrected chi connectivity index (χ4v) is 3.81. The van der Waals surface area contributed by atoms with Gasteiger partial charge < -0.3 is 18.6 Å². The van der Waals surface area contributed by atoms with Gasteiger partial charge in [-0.2, -0.15) is 11.8 Å². The van der Waals surface area contributed by atoms with Crippen LogP contribution in [-0.4, -0.2) is 63.2 Å². The molecule has 2 aliphatic heterocycles. The van der Waals surface area contributed by atoms with Gasteiger partial charge in [0.25, 0.3) is 0 Å². The number of carbonyl (C=O) groups is 2. The Balaban J connectivity index is 0. The van der Waals surface area contributed by atoms with Gasteiger partial charge in [0.05, 0.1) is 12.1 Å². The number of amides is 2. The van der Waals surface area contributed by atoms with Gasteiger partial charge in [-0.25, -0.2) is 4.79 Å². The largest absolute Gasteiger partial charge is 2.00 e. The molecule has 0 radical (unpaired) electrons. The van der Waals surface area contributed by atoms with Crippen LogP contribution in [0.5, 0.6) is 0 Å². The van der Waals surface area contributed by atoms with Crippen molar-refractivity contribution >= 4 is 46.8 Å². The predicted molar refractivity (Wildman–Crippen MR) is 69.6 cm³/mol. The Labute approximate surface area is 124 Å². The molecule has 94 valence electrons. The van der Waals surface area contributed by atoms with Crippen LogP contribution in [0, 0.1) is 0 Å². The van der Waals surface area contributed by atoms with E-state index in [4.69, 9.17) is 5.11 Å². The fourth-order valence-electron chi connectivity index (χ4n) is 2.26. The van der Waals surface area contributed by atoms with Crippen LogP contribution in [-0.2, 0) is 4.79 Å². The fraction of sp³-hybridized carbons (Fsp3) is 0.800. The Bertz CT molecular complexity index is 312. The average molecular weight is 271 g/mol. The van der Waals surface area contributed by atoms with Crippen molar-refractivity contribution in [1.29, 1.82) is 0 Å². The second-order valence-electron chi connectivity index (χ2n) is 4.26. The summed E-state index contributed by atoms with van der Waals surface area (Å²) in [6.07, 6.45) is 2.88. The zero-order valence-corrected chi connectivity index (χ0v) is 11.9. The number of nitrogens with one attached hydrogen (secondary N) is 2. The van der Waals surface area contributed by atoms with Crippen molar-refractivity contribution in [3.8, 4) is 0 Å². The number of carboxylic acids is 1. The summed E-state index contributed by atoms with van der Waals surface area (Å²) in [5, 5.41) is 14.8. The zero-order chi connectivity index (χ0) is 11.5. The molecule has 0 aromatic rings. The molecule has 17 heavy (non-hydrogen) atoms. The molecule has 5 nitrogen and oxygen atoms in total. The number of fused-ring (bicyclic) bond motifs is 1. The van der Waals surface area contributed by atoms with E-state index in [0.717, 1.165) is 25.0 Å². The van der Waals surface area contributed by atoms with Gasteiger partial charge in [-0.05, 0) is 12.8 Å². The maximum atomic E-state index is 11.1. The van der Waals surface area contributed by atoms with E-state index < -0.39 is 5.97 Å². The molecule has 2 amide bonds. The minimum absolute atomic E-state index is 0. The summed E-state index contributed by atoms with van der Waals surface area (Å²) >= 11 is 1.87. The maximum absolute atomic E-state index is 11.1. The van der Waals surface area contributed by atoms with Crippen molar-refractivity contribution < 1.29 is 17.5 Å². The van der Waals surface area contributed by atoms with Crippen molar-refractivity contribution in [2.45, 2.75) is 43.0 Å². The second-order valence-corrected chi connectivity index (χ2v) is 5.53. The first-order chi connectivity index (χ1) is 7.66. The van der Waals surface area contributed by atoms with Crippen molar-refractivity contribution in [3.63, 3.8) is 0 Å². The summed E-state index contributed by atoms with van der Waals surface area (Å²) < 4.78 is 0. The van der Waals surface area contributed by atoms with Gasteiger partial charge in [0.2, 0.25) is 0 Å². The van der Waals surface area contributed by atoms with Crippen LogP contribution in [0.3, 0.4) is 0 Å². The van der Waals surface area contributed by atoms with Crippen molar-refractivity contribution in [2.75, 3.05) is 5.75 Å². The van der Waals surface area contributed by atoms with Crippen LogP contribution in [0.25, 0.3) is 0 Å². The van der Waals surface area contributed by atoms with Gasteiger partial charge in [0, 0.05) is 17.4 Å². The number of carbonyl (C=O) groups excluding carboxylic acids is 1. The molecule has 3 N–H and O–H groups in total. The molecule has 0 aromatic heterocycles. The molecule has 2 heterocycles. The third kappa shape index (κ3) is 3.92. The number of hydrogen-bond donors (Lipinski definition) is 3. The molecule has 0 aromatic carbocycles. The third-order valence-electron chi connectivity index (χ3n) is 3.07. The Kier molecular flexibility index (Phi) is 5.88. The zero-order valence-electron chi connectivity index (χ0n) is 11.6. The van der Waals surface area contributed by atoms with Crippen LogP contribution >= 0.6 is 11.8 Å². The Hall–Kier alpha value is -0.144. The molecule has 2 rings (SSSR count). The minimum atomic E-state index is -0.729. The van der Waals surface area contributed by atoms with Crippen LogP contribution in [0.15, 0.2) is 0 Å². The first kappa shape index (κ1) is 14.9. The van der Waals surface area contributed by atoms with E-state index in [9.17, 15) is 9.59 Å². The molecule has 2 fully saturated rings. The number of aliphatic carboxylic acids is 1. The van der Waals surface area contributed by atoms with Crippen LogP contribution < -0.4 is 10.6 Å². The molecule has 2 saturated heterocycles. The van der Waals surface area contributed by atoms with Crippen molar-refractivity contribution in [1.82, 2.24) is 10.6 Å². The molecule has 3 atom stereocenters. The van der Waals surface area contributed by atoms with Gasteiger partial charge in [0.1, 0.15) is 0 Å². The molecule has 0 aliphatic carbocycles. The summed E-state index contributed by atoms with van der Waals surface area (Å²) in [5.41, 5.74) is 0. The first-order valence-electron chi connectivity index (χ1n) is 5.57. The quantitative estimate of drug-likeness (QED) is 0.389. The molecule has 2 aliphatic rings. The predicted octanol–water partition coefficient (Wildman–Crippen LogP) is 0.641. The Morgan fingerprint density at radius 1 is 1.47 bits per heavy atom. The summed E-state index contributed by atoms with van der Waals surface area (Å²) in [4.78, 5) is 21.5. The molecule has 0 unspecified atom stereocenters. The maximum Gasteiger partial charge on any atom is 2.00 e. The van der Waals surface area contributed by atoms with E-state index in [-0.39, 0.29) is 50.4 Å². The van der Waals surface area contributed by atoms with Gasteiger partial charge in [-0.1, -0.05) is 6.42 Å². The molecule has 0 bridgehead atoms. The van der Waals surface area contributed by atoms with Gasteiger partial charge >= 0.3 is 35.1 Å². The SMILES string of the molecule is O=C(O)CCCC[C@@H]1SC[C@@H]2NC(=O)N[C@@H]21.[H-].[H-].[Mg+2]. The van der Waals surface area contributed by atoms with Crippen LogP contribution in [0.1, 0.15) is 28.5 Å². The van der Waals surface area contributed by atoms with Gasteiger partial charge in [-0.3, -0.25) is 4.79 Å².